The van der Waals surface area contributed by atoms with E-state index in [0.29, 0.717) is 46.3 Å². The molecule has 0 saturated carbocycles. The number of methoxy groups -OCH3 is 1. The number of aliphatic hydroxyl groups is 1. The molecule has 0 radical (unpaired) electrons. The van der Waals surface area contributed by atoms with E-state index in [-0.39, 0.29) is 34.5 Å². The molecule has 0 spiro atoms. The van der Waals surface area contributed by atoms with Gasteiger partial charge in [0.05, 0.1) is 46.8 Å². The first-order valence-corrected chi connectivity index (χ1v) is 16.0. The SMILES string of the molecule is COc1nc(-c2cccc(-c3cccc(NC(=O)c4cn(C)c(=O)n(C)c4=O)c3Cl)c2Cl)cc2c1C(NC1CCOC(C)C1)C(O)C2. The number of nitrogens with zero attached hydrogens (tertiary/aromatic N) is 3. The number of aryl methyl sites for hydroxylation is 1. The third kappa shape index (κ3) is 6.21. The van der Waals surface area contributed by atoms with Crippen molar-refractivity contribution in [2.24, 2.45) is 14.1 Å². The number of ether oxygens (including phenoxy) is 2. The Morgan fingerprint density at radius 1 is 1.09 bits per heavy atom. The van der Waals surface area contributed by atoms with Crippen LogP contribution in [-0.2, 0) is 25.3 Å². The second-order valence-corrected chi connectivity index (χ2v) is 12.8. The van der Waals surface area contributed by atoms with Crippen LogP contribution < -0.4 is 26.6 Å². The van der Waals surface area contributed by atoms with Gasteiger partial charge in [-0.05, 0) is 37.5 Å². The summed E-state index contributed by atoms with van der Waals surface area (Å²) >= 11 is 13.9. The van der Waals surface area contributed by atoms with Crippen molar-refractivity contribution in [1.82, 2.24) is 19.4 Å². The predicted molar refractivity (Wildman–Crippen MR) is 181 cm³/mol. The maximum atomic E-state index is 13.1. The average Bonchev–Trinajstić information content (AvgIpc) is 3.36. The summed E-state index contributed by atoms with van der Waals surface area (Å²) in [6, 6.07) is 12.4. The van der Waals surface area contributed by atoms with E-state index in [0.717, 1.165) is 33.1 Å². The van der Waals surface area contributed by atoms with E-state index in [9.17, 15) is 19.5 Å². The number of fused-ring (bicyclic) bond motifs is 1. The van der Waals surface area contributed by atoms with Crippen LogP contribution in [-0.4, -0.2) is 57.1 Å². The number of carbonyl (C=O) groups is 1. The van der Waals surface area contributed by atoms with Gasteiger partial charge in [-0.2, -0.15) is 0 Å². The molecule has 1 amide bonds. The van der Waals surface area contributed by atoms with Gasteiger partial charge in [0.25, 0.3) is 11.5 Å². The van der Waals surface area contributed by atoms with Crippen LogP contribution in [0.2, 0.25) is 10.0 Å². The molecule has 3 heterocycles. The fourth-order valence-corrected chi connectivity index (χ4v) is 7.04. The van der Waals surface area contributed by atoms with Crippen LogP contribution in [0.1, 0.15) is 47.3 Å². The van der Waals surface area contributed by atoms with E-state index in [2.05, 4.69) is 17.6 Å². The molecule has 4 atom stereocenters. The fourth-order valence-electron chi connectivity index (χ4n) is 6.44. The van der Waals surface area contributed by atoms with Gasteiger partial charge in [0.2, 0.25) is 5.88 Å². The van der Waals surface area contributed by atoms with Crippen molar-refractivity contribution in [3.63, 3.8) is 0 Å². The summed E-state index contributed by atoms with van der Waals surface area (Å²) in [6.07, 6.45) is 2.84. The molecule has 3 N–H and O–H groups in total. The Kier molecular flexibility index (Phi) is 9.28. The molecule has 13 heteroatoms. The molecule has 1 saturated heterocycles. The summed E-state index contributed by atoms with van der Waals surface area (Å²) < 4.78 is 13.5. The molecule has 2 aromatic heterocycles. The second-order valence-electron chi connectivity index (χ2n) is 12.0. The Morgan fingerprint density at radius 3 is 2.51 bits per heavy atom. The van der Waals surface area contributed by atoms with Gasteiger partial charge in [0, 0.05) is 61.6 Å². The monoisotopic (exact) mass is 679 g/mol. The van der Waals surface area contributed by atoms with Gasteiger partial charge >= 0.3 is 5.69 Å². The molecular weight excluding hydrogens is 645 g/mol. The number of anilines is 1. The minimum Gasteiger partial charge on any atom is -0.481 e. The third-order valence-electron chi connectivity index (χ3n) is 8.83. The van der Waals surface area contributed by atoms with Crippen molar-refractivity contribution in [2.75, 3.05) is 19.0 Å². The molecule has 4 unspecified atom stereocenters. The lowest BCUT2D eigenvalue weighted by atomic mass is 9.98. The lowest BCUT2D eigenvalue weighted by Gasteiger charge is -2.32. The number of hydrogen-bond donors (Lipinski definition) is 3. The normalized spacial score (nSPS) is 20.6. The van der Waals surface area contributed by atoms with Gasteiger partial charge < -0.3 is 29.8 Å². The predicted octanol–water partition coefficient (Wildman–Crippen LogP) is 4.50. The zero-order chi connectivity index (χ0) is 33.6. The van der Waals surface area contributed by atoms with E-state index in [4.69, 9.17) is 37.7 Å². The maximum Gasteiger partial charge on any atom is 0.330 e. The van der Waals surface area contributed by atoms with Crippen molar-refractivity contribution >= 4 is 34.8 Å². The zero-order valence-electron chi connectivity index (χ0n) is 26.3. The summed E-state index contributed by atoms with van der Waals surface area (Å²) in [4.78, 5) is 42.6. The number of hydrogen-bond acceptors (Lipinski definition) is 8. The number of rotatable bonds is 7. The Balaban J connectivity index is 1.32. The van der Waals surface area contributed by atoms with Crippen molar-refractivity contribution in [2.45, 2.75) is 50.5 Å². The molecule has 0 bridgehead atoms. The van der Waals surface area contributed by atoms with Gasteiger partial charge in [-0.15, -0.1) is 0 Å². The molecule has 246 valence electrons. The highest BCUT2D eigenvalue weighted by Crippen LogP contribution is 2.44. The molecule has 47 heavy (non-hydrogen) atoms. The molecule has 1 aliphatic carbocycles. The summed E-state index contributed by atoms with van der Waals surface area (Å²) in [6.45, 7) is 2.73. The fraction of sp³-hybridized carbons (Fsp3) is 0.353. The van der Waals surface area contributed by atoms with Crippen molar-refractivity contribution in [1.29, 1.82) is 0 Å². The topological polar surface area (TPSA) is 137 Å². The van der Waals surface area contributed by atoms with Crippen molar-refractivity contribution in [3.8, 4) is 28.3 Å². The first kappa shape index (κ1) is 32.9. The molecule has 1 fully saturated rings. The van der Waals surface area contributed by atoms with Crippen LogP contribution in [0.5, 0.6) is 5.88 Å². The average molecular weight is 681 g/mol. The Morgan fingerprint density at radius 2 is 1.79 bits per heavy atom. The zero-order valence-corrected chi connectivity index (χ0v) is 27.9. The summed E-state index contributed by atoms with van der Waals surface area (Å²) in [5, 5.41) is 18.0. The van der Waals surface area contributed by atoms with Crippen LogP contribution in [0, 0.1) is 0 Å². The van der Waals surface area contributed by atoms with Crippen LogP contribution in [0.25, 0.3) is 22.4 Å². The maximum absolute atomic E-state index is 13.1. The number of aromatic nitrogens is 3. The molecule has 1 aliphatic heterocycles. The van der Waals surface area contributed by atoms with E-state index in [1.54, 1.807) is 25.3 Å². The Labute approximate surface area is 281 Å². The number of benzene rings is 2. The number of halogens is 2. The van der Waals surface area contributed by atoms with Crippen LogP contribution in [0.3, 0.4) is 0 Å². The van der Waals surface area contributed by atoms with Crippen LogP contribution in [0.15, 0.2) is 58.3 Å². The number of pyridine rings is 1. The smallest absolute Gasteiger partial charge is 0.330 e. The minimum absolute atomic E-state index is 0.149. The first-order valence-electron chi connectivity index (χ1n) is 15.3. The van der Waals surface area contributed by atoms with Gasteiger partial charge in [-0.1, -0.05) is 53.5 Å². The highest BCUT2D eigenvalue weighted by Gasteiger charge is 2.37. The van der Waals surface area contributed by atoms with Gasteiger partial charge in [-0.25, -0.2) is 9.78 Å². The van der Waals surface area contributed by atoms with Gasteiger partial charge in [0.1, 0.15) is 5.56 Å². The van der Waals surface area contributed by atoms with E-state index >= 15 is 0 Å². The standard InChI is InChI=1S/C34H35Cl2N5O6/c1-17-13-19(11-12-47-17)37-30-26(42)15-18-14-25(39-32(46-4)27(18)30)22-9-5-7-20(28(22)35)21-8-6-10-24(29(21)36)38-31(43)23-16-40(2)34(45)41(3)33(23)44/h5-10,14,16-17,19,26,30,37,42H,11-13,15H2,1-4H3,(H,38,43). The number of carbonyl (C=O) groups excluding carboxylic acids is 1. The van der Waals surface area contributed by atoms with E-state index in [1.165, 1.54) is 20.3 Å². The molecular formula is C34H35Cl2N5O6. The molecule has 2 aromatic carbocycles. The van der Waals surface area contributed by atoms with Crippen LogP contribution >= 0.6 is 23.2 Å². The van der Waals surface area contributed by atoms with Crippen molar-refractivity contribution in [3.05, 3.63) is 96.2 Å². The Hall–Kier alpha value is -4.00. The van der Waals surface area contributed by atoms with Crippen LogP contribution in [0.4, 0.5) is 5.69 Å². The number of amides is 1. The molecule has 11 nitrogen and oxygen atoms in total. The third-order valence-corrected chi connectivity index (χ3v) is 9.65. The summed E-state index contributed by atoms with van der Waals surface area (Å²) in [5.41, 5.74) is 2.89. The van der Waals surface area contributed by atoms with Gasteiger partial charge in [0.15, 0.2) is 0 Å². The quantitative estimate of drug-likeness (QED) is 0.260. The summed E-state index contributed by atoms with van der Waals surface area (Å²) in [7, 11) is 4.32. The molecule has 6 rings (SSSR count). The molecule has 4 aromatic rings. The summed E-state index contributed by atoms with van der Waals surface area (Å²) in [5.74, 6) is -0.295. The minimum atomic E-state index is -0.723. The lowest BCUT2D eigenvalue weighted by Crippen LogP contribution is -2.42. The largest absolute Gasteiger partial charge is 0.481 e. The first-order chi connectivity index (χ1) is 22.5. The van der Waals surface area contributed by atoms with E-state index < -0.39 is 23.3 Å². The highest BCUT2D eigenvalue weighted by atomic mass is 35.5. The second kappa shape index (κ2) is 13.2. The Bertz CT molecular complexity index is 1990. The molecule has 2 aliphatic rings. The van der Waals surface area contributed by atoms with Gasteiger partial charge in [-0.3, -0.25) is 14.2 Å². The lowest BCUT2D eigenvalue weighted by molar-refractivity contribution is 0.00663. The van der Waals surface area contributed by atoms with Crippen molar-refractivity contribution < 1.29 is 19.4 Å². The number of nitrogens with one attached hydrogen (secondary N) is 2. The highest BCUT2D eigenvalue weighted by molar-refractivity contribution is 6.39. The van der Waals surface area contributed by atoms with E-state index in [1.807, 2.05) is 24.3 Å². The number of aliphatic hydroxyl groups excluding tert-OH is 1.